The van der Waals surface area contributed by atoms with Crippen LogP contribution in [-0.2, 0) is 57.1 Å². The Morgan fingerprint density at radius 3 is 1.08 bits per heavy atom. The third-order valence-corrected chi connectivity index (χ3v) is 12.1. The number of aliphatic hydroxyl groups excluding tert-OH is 22. The maximum Gasteiger partial charge on any atom is 0.339 e. The van der Waals surface area contributed by atoms with Crippen LogP contribution < -0.4 is 5.48 Å². The number of nitrogens with one attached hydrogen (secondary N) is 1. The molecule has 28 atom stereocenters. The normalized spacial score (nSPS) is 40.6. The Labute approximate surface area is 410 Å². The number of hydrogen-bond donors (Lipinski definition) is 23. The molecule has 35 nitrogen and oxygen atoms in total. The van der Waals surface area contributed by atoms with Crippen LogP contribution in [0.5, 0.6) is 0 Å². The first-order chi connectivity index (χ1) is 34.2. The molecule has 4 aliphatic heterocycles. The van der Waals surface area contributed by atoms with Crippen LogP contribution in [0.15, 0.2) is 0 Å². The van der Waals surface area contributed by atoms with E-state index in [-0.39, 0.29) is 0 Å². The van der Waals surface area contributed by atoms with Crippen LogP contribution >= 0.6 is 0 Å². The van der Waals surface area contributed by atoms with Gasteiger partial charge in [-0.15, -0.1) is 0 Å². The Balaban J connectivity index is 1.18. The molecule has 4 heterocycles. The lowest BCUT2D eigenvalue weighted by Crippen LogP contribution is -2.62. The van der Waals surface area contributed by atoms with E-state index in [1.165, 1.54) is 5.48 Å². The number of ketones is 1. The van der Waals surface area contributed by atoms with Gasteiger partial charge in [0.1, 0.15) is 147 Å². The zero-order valence-corrected chi connectivity index (χ0v) is 37.9. The fraction of sp³-hybridized carbons (Fsp3) is 0.921. The first-order valence-electron chi connectivity index (χ1n) is 22.1. The Bertz CT molecular complexity index is 1700. The molecule has 0 aliphatic carbocycles. The van der Waals surface area contributed by atoms with Gasteiger partial charge in [-0.05, 0) is 0 Å². The van der Waals surface area contributed by atoms with Crippen LogP contribution in [0.2, 0.25) is 0 Å². The number of aliphatic hydroxyl groups is 22. The lowest BCUT2D eigenvalue weighted by Gasteiger charge is -2.42. The average molecular weight is 1080 g/mol. The number of Topliss-reactive ketones (excluding diaryl/α,β-unsaturated/α-hetero) is 1. The van der Waals surface area contributed by atoms with Crippen LogP contribution in [-0.4, -0.2) is 341 Å². The third kappa shape index (κ3) is 15.6. The molecule has 0 aromatic carbocycles. The fourth-order valence-electron chi connectivity index (χ4n) is 7.38. The number of carbonyl (C=O) groups is 3. The molecule has 4 saturated heterocycles. The number of carbonyl (C=O) groups excluding carboxylic acids is 3. The van der Waals surface area contributed by atoms with Gasteiger partial charge < -0.3 is 155 Å². The van der Waals surface area contributed by atoms with Crippen molar-refractivity contribution in [2.45, 2.75) is 178 Å². The largest absolute Gasteiger partial charge is 0.394 e. The molecule has 1 amide bonds. The molecule has 0 bridgehead atoms. The van der Waals surface area contributed by atoms with Crippen LogP contribution in [0.3, 0.4) is 0 Å². The fourth-order valence-corrected chi connectivity index (χ4v) is 7.38. The van der Waals surface area contributed by atoms with E-state index >= 15 is 0 Å². The van der Waals surface area contributed by atoms with E-state index < -0.39 is 235 Å². The molecule has 0 unspecified atom stereocenters. The molecule has 0 spiro atoms. The average Bonchev–Trinajstić information content (AvgIpc) is 3.37. The molecule has 4 aliphatic rings. The zero-order chi connectivity index (χ0) is 54.9. The summed E-state index contributed by atoms with van der Waals surface area (Å²) < 4.78 is 41.8. The van der Waals surface area contributed by atoms with Gasteiger partial charge in [0.2, 0.25) is 0 Å². The third-order valence-electron chi connectivity index (χ3n) is 12.1. The van der Waals surface area contributed by atoms with Gasteiger partial charge in [-0.1, -0.05) is 0 Å². The van der Waals surface area contributed by atoms with Gasteiger partial charge in [-0.25, -0.2) is 4.79 Å². The molecular formula is C38H65NO34. The highest BCUT2D eigenvalue weighted by atomic mass is 16.7. The summed E-state index contributed by atoms with van der Waals surface area (Å²) in [5.74, 6) is -5.14. The molecule has 0 aromatic heterocycles. The van der Waals surface area contributed by atoms with Gasteiger partial charge >= 0.3 is 5.97 Å². The highest BCUT2D eigenvalue weighted by molar-refractivity contribution is 5.98. The first kappa shape index (κ1) is 62.9. The molecule has 0 radical (unpaired) electrons. The summed E-state index contributed by atoms with van der Waals surface area (Å²) in [5, 5.41) is 224. The molecule has 4 rings (SSSR count). The Morgan fingerprint density at radius 1 is 0.411 bits per heavy atom. The first-order valence-corrected chi connectivity index (χ1v) is 22.1. The van der Waals surface area contributed by atoms with Crippen LogP contribution in [0.4, 0.5) is 0 Å². The van der Waals surface area contributed by atoms with Crippen molar-refractivity contribution in [3.05, 3.63) is 0 Å². The topological polar surface area (TPSA) is 591 Å². The van der Waals surface area contributed by atoms with E-state index in [1.54, 1.807) is 0 Å². The summed E-state index contributed by atoms with van der Waals surface area (Å²) >= 11 is 0. The number of hydrogen-bond acceptors (Lipinski definition) is 34. The van der Waals surface area contributed by atoms with Crippen LogP contribution in [0, 0.1) is 0 Å². The minimum Gasteiger partial charge on any atom is -0.394 e. The Hall–Kier alpha value is -2.59. The highest BCUT2D eigenvalue weighted by Gasteiger charge is 2.50. The summed E-state index contributed by atoms with van der Waals surface area (Å²) in [6.45, 7) is -5.35. The van der Waals surface area contributed by atoms with E-state index in [9.17, 15) is 127 Å². The second-order valence-electron chi connectivity index (χ2n) is 17.3. The van der Waals surface area contributed by atoms with Gasteiger partial charge in [0.05, 0.1) is 39.6 Å². The van der Waals surface area contributed by atoms with Crippen LogP contribution in [0.25, 0.3) is 0 Å². The second-order valence-corrected chi connectivity index (χ2v) is 17.3. The van der Waals surface area contributed by atoms with E-state index in [2.05, 4.69) is 4.84 Å². The zero-order valence-electron chi connectivity index (χ0n) is 37.9. The highest BCUT2D eigenvalue weighted by Crippen LogP contribution is 2.28. The molecule has 426 valence electrons. The van der Waals surface area contributed by atoms with Crippen molar-refractivity contribution < 1.29 is 169 Å². The maximum atomic E-state index is 12.5. The number of hydroxylamine groups is 1. The summed E-state index contributed by atoms with van der Waals surface area (Å²) in [5.41, 5.74) is 1.29. The molecule has 73 heavy (non-hydrogen) atoms. The molecular weight excluding hydrogens is 1010 g/mol. The Kier molecular flexibility index (Phi) is 24.3. The van der Waals surface area contributed by atoms with E-state index in [0.29, 0.717) is 0 Å². The SMILES string of the molecule is O=C(CC(=O)[C@H](O)[C@@H](O)[C@H](O)[C@H](O)CO[C@H]1O[C@H](CO[C@H]2O[C@H](CO)[C@@H](O)[C@H](O)[C@H]2O)[C@@H](O)[C@H](O)[C@H]1O)ONC(=O)[C@H](O)[C@@H](O)[C@H](O)[C@H](O)CO[C@H]1O[C@H](CO[C@H]2O[C@H](CO)[C@@H](O)[C@H](O)[C@H]2O)[C@@H](O)[C@H](O)[C@H]1O. The van der Waals surface area contributed by atoms with Crippen molar-refractivity contribution >= 4 is 17.7 Å². The number of amides is 1. The van der Waals surface area contributed by atoms with Gasteiger partial charge in [-0.2, -0.15) is 5.48 Å². The van der Waals surface area contributed by atoms with E-state index in [1.807, 2.05) is 0 Å². The lowest BCUT2D eigenvalue weighted by atomic mass is 9.98. The minimum absolute atomic E-state index is 0.764. The predicted molar refractivity (Wildman–Crippen MR) is 217 cm³/mol. The molecule has 23 N–H and O–H groups in total. The number of ether oxygens (including phenoxy) is 8. The lowest BCUT2D eigenvalue weighted by molar-refractivity contribution is -0.333. The second kappa shape index (κ2) is 28.2. The van der Waals surface area contributed by atoms with Crippen molar-refractivity contribution in [1.29, 1.82) is 0 Å². The van der Waals surface area contributed by atoms with Gasteiger partial charge in [0, 0.05) is 0 Å². The summed E-state index contributed by atoms with van der Waals surface area (Å²) in [4.78, 5) is 41.4. The smallest absolute Gasteiger partial charge is 0.339 e. The summed E-state index contributed by atoms with van der Waals surface area (Å²) in [7, 11) is 0. The van der Waals surface area contributed by atoms with Crippen molar-refractivity contribution in [3.8, 4) is 0 Å². The van der Waals surface area contributed by atoms with Crippen molar-refractivity contribution in [2.75, 3.05) is 39.6 Å². The monoisotopic (exact) mass is 1080 g/mol. The van der Waals surface area contributed by atoms with E-state index in [0.717, 1.165) is 0 Å². The predicted octanol–water partition coefficient (Wildman–Crippen LogP) is -16.3. The van der Waals surface area contributed by atoms with Crippen LogP contribution in [0.1, 0.15) is 6.42 Å². The number of rotatable bonds is 24. The standard InChI is InChI=1S/C38H65NO34/c40-2-11-19(49)25(55)30(60)37(69-11)67-6-13-21(51)27(57)32(62)35(71-13)65-4-9(43)17(47)23(53)16(46)8(42)1-15(45)73-39-34(64)29(59)24(54)18(48)10(44)5-66-36-33(63)28(58)22(52)14(72-36)7-68-38-31(61)26(56)20(50)12(3-41)70-38/h9-14,16-33,35-38,40-41,43-44,46-63H,1-7H2,(H,39,64)/t9-,10-,11-,12-,13-,14-,16+,17-,18-,19-,20-,21-,22-,23-,24+,25+,26+,27+,28+,29-,30-,31-,32-,33-,35+,36+,37+,38+/m1/s1. The summed E-state index contributed by atoms with van der Waals surface area (Å²) in [6.07, 6.45) is -57.8. The van der Waals surface area contributed by atoms with Gasteiger partial charge in [0.15, 0.2) is 37.0 Å². The molecule has 0 saturated carbocycles. The van der Waals surface area contributed by atoms with Crippen molar-refractivity contribution in [1.82, 2.24) is 5.48 Å². The summed E-state index contributed by atoms with van der Waals surface area (Å²) in [6, 6.07) is 0. The molecule has 35 heteroatoms. The van der Waals surface area contributed by atoms with E-state index in [4.69, 9.17) is 37.9 Å². The van der Waals surface area contributed by atoms with Crippen molar-refractivity contribution in [2.24, 2.45) is 0 Å². The quantitative estimate of drug-likeness (QED) is 0.0315. The Morgan fingerprint density at radius 2 is 0.726 bits per heavy atom. The maximum absolute atomic E-state index is 12.5. The molecule has 0 aromatic rings. The van der Waals surface area contributed by atoms with Gasteiger partial charge in [0.25, 0.3) is 5.91 Å². The molecule has 4 fully saturated rings. The van der Waals surface area contributed by atoms with Crippen molar-refractivity contribution in [3.63, 3.8) is 0 Å². The van der Waals surface area contributed by atoms with Gasteiger partial charge in [-0.3, -0.25) is 9.59 Å². The minimum atomic E-state index is -2.74.